The lowest BCUT2D eigenvalue weighted by Crippen LogP contribution is -2.32. The second-order valence-electron chi connectivity index (χ2n) is 6.81. The number of nitrogens with one attached hydrogen (secondary N) is 1. The fraction of sp³-hybridized carbons (Fsp3) is 0.421. The van der Waals surface area contributed by atoms with Crippen LogP contribution in [0.25, 0.3) is 11.2 Å². The molecule has 1 N–H and O–H groups in total. The summed E-state index contributed by atoms with van der Waals surface area (Å²) in [7, 11) is 0. The summed E-state index contributed by atoms with van der Waals surface area (Å²) in [5.74, 6) is 0.225. The molecule has 8 nitrogen and oxygen atoms in total. The summed E-state index contributed by atoms with van der Waals surface area (Å²) < 4.78 is 7.27. The number of rotatable bonds is 7. The van der Waals surface area contributed by atoms with Crippen LogP contribution < -0.4 is 5.32 Å². The normalized spacial score (nSPS) is 16.5. The zero-order valence-electron chi connectivity index (χ0n) is 15.7. The van der Waals surface area contributed by atoms with Gasteiger partial charge in [-0.2, -0.15) is 0 Å². The van der Waals surface area contributed by atoms with Gasteiger partial charge in [-0.3, -0.25) is 4.79 Å². The second kappa shape index (κ2) is 8.66. The van der Waals surface area contributed by atoms with E-state index < -0.39 is 0 Å². The van der Waals surface area contributed by atoms with Gasteiger partial charge in [0.25, 0.3) is 0 Å². The van der Waals surface area contributed by atoms with Crippen molar-refractivity contribution in [3.63, 3.8) is 0 Å². The molecule has 1 aliphatic heterocycles. The smallest absolute Gasteiger partial charge is 0.230 e. The number of nitrogens with zero attached hydrogens (tertiary/aromatic N) is 5. The average Bonchev–Trinajstić information content (AvgIpc) is 3.37. The fourth-order valence-corrected chi connectivity index (χ4v) is 3.83. The molecule has 0 spiro atoms. The van der Waals surface area contributed by atoms with Gasteiger partial charge in [0.2, 0.25) is 5.91 Å². The van der Waals surface area contributed by atoms with Crippen molar-refractivity contribution < 1.29 is 9.53 Å². The van der Waals surface area contributed by atoms with Gasteiger partial charge in [0.05, 0.1) is 18.4 Å². The van der Waals surface area contributed by atoms with Gasteiger partial charge in [0, 0.05) is 13.2 Å². The van der Waals surface area contributed by atoms with E-state index in [1.807, 2.05) is 0 Å². The summed E-state index contributed by atoms with van der Waals surface area (Å²) in [4.78, 5) is 20.7. The number of carbonyl (C=O) groups is 1. The number of aryl methyl sites for hydroxylation is 1. The molecule has 3 aromatic rings. The van der Waals surface area contributed by atoms with Gasteiger partial charge in [-0.25, -0.2) is 14.6 Å². The van der Waals surface area contributed by atoms with Crippen LogP contribution in [0.4, 0.5) is 0 Å². The monoisotopic (exact) mass is 398 g/mol. The number of amides is 1. The number of hydrogen-bond acceptors (Lipinski definition) is 7. The van der Waals surface area contributed by atoms with Crippen molar-refractivity contribution in [3.8, 4) is 0 Å². The quantitative estimate of drug-likeness (QED) is 0.480. The van der Waals surface area contributed by atoms with Gasteiger partial charge in [0.15, 0.2) is 11.2 Å². The largest absolute Gasteiger partial charge is 0.376 e. The van der Waals surface area contributed by atoms with E-state index in [-0.39, 0.29) is 17.8 Å². The first-order valence-electron chi connectivity index (χ1n) is 9.30. The molecule has 1 fully saturated rings. The molecule has 1 atom stereocenters. The molecule has 1 aliphatic rings. The molecular weight excluding hydrogens is 376 g/mol. The second-order valence-corrected chi connectivity index (χ2v) is 7.78. The molecule has 2 aromatic heterocycles. The number of thioether (sulfide) groups is 1. The Balaban J connectivity index is 1.39. The maximum Gasteiger partial charge on any atom is 0.230 e. The van der Waals surface area contributed by atoms with Gasteiger partial charge in [-0.1, -0.05) is 46.8 Å². The van der Waals surface area contributed by atoms with Crippen LogP contribution >= 0.6 is 11.8 Å². The highest BCUT2D eigenvalue weighted by Crippen LogP contribution is 2.22. The summed E-state index contributed by atoms with van der Waals surface area (Å²) in [6.45, 7) is 3.99. The summed E-state index contributed by atoms with van der Waals surface area (Å²) >= 11 is 1.34. The molecule has 28 heavy (non-hydrogen) atoms. The van der Waals surface area contributed by atoms with Gasteiger partial charge >= 0.3 is 0 Å². The van der Waals surface area contributed by atoms with Crippen LogP contribution in [0.2, 0.25) is 0 Å². The van der Waals surface area contributed by atoms with Crippen LogP contribution in [0.1, 0.15) is 24.0 Å². The van der Waals surface area contributed by atoms with Crippen LogP contribution in [0.15, 0.2) is 35.6 Å². The number of benzene rings is 1. The van der Waals surface area contributed by atoms with Crippen molar-refractivity contribution in [2.75, 3.05) is 18.9 Å². The van der Waals surface area contributed by atoms with Gasteiger partial charge in [-0.15, -0.1) is 5.10 Å². The van der Waals surface area contributed by atoms with Gasteiger partial charge in [0.1, 0.15) is 11.4 Å². The molecule has 4 rings (SSSR count). The fourth-order valence-electron chi connectivity index (χ4n) is 3.07. The third-order valence-corrected chi connectivity index (χ3v) is 5.59. The zero-order chi connectivity index (χ0) is 19.3. The Morgan fingerprint density at radius 2 is 2.18 bits per heavy atom. The van der Waals surface area contributed by atoms with Crippen molar-refractivity contribution in [2.45, 2.75) is 37.4 Å². The zero-order valence-corrected chi connectivity index (χ0v) is 16.5. The topological polar surface area (TPSA) is 94.8 Å². The number of aromatic nitrogens is 5. The summed E-state index contributed by atoms with van der Waals surface area (Å²) in [5, 5.41) is 12.0. The molecule has 0 bridgehead atoms. The number of fused-ring (bicyclic) bond motifs is 1. The van der Waals surface area contributed by atoms with Crippen molar-refractivity contribution >= 4 is 28.8 Å². The minimum Gasteiger partial charge on any atom is -0.376 e. The third-order valence-electron chi connectivity index (χ3n) is 4.61. The molecule has 0 radical (unpaired) electrons. The van der Waals surface area contributed by atoms with Gasteiger partial charge < -0.3 is 10.1 Å². The summed E-state index contributed by atoms with van der Waals surface area (Å²) in [5.41, 5.74) is 3.62. The molecule has 1 aromatic carbocycles. The Morgan fingerprint density at radius 3 is 2.96 bits per heavy atom. The van der Waals surface area contributed by atoms with Crippen LogP contribution in [0, 0.1) is 6.92 Å². The summed E-state index contributed by atoms with van der Waals surface area (Å²) in [6, 6.07) is 8.27. The Kier molecular flexibility index (Phi) is 5.82. The van der Waals surface area contributed by atoms with E-state index in [0.29, 0.717) is 29.3 Å². The van der Waals surface area contributed by atoms with E-state index in [2.05, 4.69) is 56.8 Å². The molecule has 1 unspecified atom stereocenters. The first kappa shape index (κ1) is 18.8. The molecule has 9 heteroatoms. The average molecular weight is 398 g/mol. The predicted octanol–water partition coefficient (Wildman–Crippen LogP) is 1.97. The van der Waals surface area contributed by atoms with E-state index in [1.54, 1.807) is 4.68 Å². The number of hydrogen-bond donors (Lipinski definition) is 1. The van der Waals surface area contributed by atoms with Crippen molar-refractivity contribution in [1.29, 1.82) is 0 Å². The molecule has 1 saturated heterocycles. The number of carbonyl (C=O) groups excluding carboxylic acids is 1. The molecular formula is C19H22N6O2S. The predicted molar refractivity (Wildman–Crippen MR) is 106 cm³/mol. The van der Waals surface area contributed by atoms with Crippen LogP contribution in [0.5, 0.6) is 0 Å². The Bertz CT molecular complexity index is 953. The SMILES string of the molecule is Cc1ccc(Cn2nnc3c(SCC(=O)NCC4CCCO4)ncnc32)cc1. The molecule has 3 heterocycles. The highest BCUT2D eigenvalue weighted by molar-refractivity contribution is 8.00. The number of ether oxygens (including phenoxy) is 1. The Morgan fingerprint density at radius 1 is 1.32 bits per heavy atom. The molecule has 0 aliphatic carbocycles. The van der Waals surface area contributed by atoms with Crippen LogP contribution in [-0.2, 0) is 16.1 Å². The molecule has 1 amide bonds. The maximum absolute atomic E-state index is 12.1. The minimum absolute atomic E-state index is 0.0423. The Labute approximate surface area is 167 Å². The lowest BCUT2D eigenvalue weighted by molar-refractivity contribution is -0.119. The first-order valence-corrected chi connectivity index (χ1v) is 10.3. The van der Waals surface area contributed by atoms with E-state index in [9.17, 15) is 4.79 Å². The first-order chi connectivity index (χ1) is 13.7. The van der Waals surface area contributed by atoms with Crippen LogP contribution in [0.3, 0.4) is 0 Å². The van der Waals surface area contributed by atoms with E-state index in [0.717, 1.165) is 25.0 Å². The van der Waals surface area contributed by atoms with E-state index in [1.165, 1.54) is 23.7 Å². The highest BCUT2D eigenvalue weighted by atomic mass is 32.2. The standard InChI is InChI=1S/C19H22N6O2S/c1-13-4-6-14(7-5-13)10-25-18-17(23-24-25)19(22-12-21-18)28-11-16(26)20-9-15-3-2-8-27-15/h4-7,12,15H,2-3,8-11H2,1H3,(H,20,26). The minimum atomic E-state index is -0.0423. The van der Waals surface area contributed by atoms with Gasteiger partial charge in [-0.05, 0) is 25.3 Å². The van der Waals surface area contributed by atoms with Crippen molar-refractivity contribution in [2.24, 2.45) is 0 Å². The Hall–Kier alpha value is -2.52. The third kappa shape index (κ3) is 4.48. The maximum atomic E-state index is 12.1. The molecule has 146 valence electrons. The lowest BCUT2D eigenvalue weighted by Gasteiger charge is -2.10. The van der Waals surface area contributed by atoms with Crippen LogP contribution in [-0.4, -0.2) is 55.9 Å². The van der Waals surface area contributed by atoms with Crippen molar-refractivity contribution in [1.82, 2.24) is 30.3 Å². The lowest BCUT2D eigenvalue weighted by atomic mass is 10.1. The molecule has 0 saturated carbocycles. The van der Waals surface area contributed by atoms with Crippen molar-refractivity contribution in [3.05, 3.63) is 41.7 Å². The van der Waals surface area contributed by atoms with E-state index in [4.69, 9.17) is 4.74 Å². The highest BCUT2D eigenvalue weighted by Gasteiger charge is 2.17. The summed E-state index contributed by atoms with van der Waals surface area (Å²) in [6.07, 6.45) is 3.70. The van der Waals surface area contributed by atoms with E-state index >= 15 is 0 Å².